The number of nitrogens with one attached hydrogen (secondary N) is 4. The molecular formula is C48H72N8O8S2. The van der Waals surface area contributed by atoms with Crippen molar-refractivity contribution in [2.45, 2.75) is 117 Å². The Balaban J connectivity index is 1.67. The molecule has 0 aromatic carbocycles. The van der Waals surface area contributed by atoms with E-state index in [9.17, 15) is 22.6 Å². The molecule has 364 valence electrons. The first-order valence-corrected chi connectivity index (χ1v) is 25.5. The van der Waals surface area contributed by atoms with Crippen LogP contribution in [0.1, 0.15) is 122 Å². The van der Waals surface area contributed by atoms with Gasteiger partial charge in [-0.2, -0.15) is 8.42 Å². The summed E-state index contributed by atoms with van der Waals surface area (Å²) in [5, 5.41) is 15.6. The average Bonchev–Trinajstić information content (AvgIpc) is 3.96. The fourth-order valence-corrected chi connectivity index (χ4v) is 10.1. The van der Waals surface area contributed by atoms with Crippen LogP contribution in [0, 0.1) is 27.7 Å². The third-order valence-corrected chi connectivity index (χ3v) is 15.0. The molecule has 5 rings (SSSR count). The highest BCUT2D eigenvalue weighted by molar-refractivity contribution is 7.94. The largest absolute Gasteiger partial charge is 0.355 e. The molecule has 0 saturated carbocycles. The Labute approximate surface area is 394 Å². The molecule has 0 saturated heterocycles. The highest BCUT2D eigenvalue weighted by atomic mass is 32.2. The Morgan fingerprint density at radius 3 is 1.61 bits per heavy atom. The molecule has 0 radical (unpaired) electrons. The van der Waals surface area contributed by atoms with Crippen LogP contribution in [0.15, 0.2) is 9.79 Å². The van der Waals surface area contributed by atoms with E-state index in [4.69, 9.17) is 9.59 Å². The number of amides is 2. The van der Waals surface area contributed by atoms with Crippen LogP contribution in [0.4, 0.5) is 0 Å². The van der Waals surface area contributed by atoms with Crippen LogP contribution in [0.5, 0.6) is 0 Å². The monoisotopic (exact) mass is 952 g/mol. The quantitative estimate of drug-likeness (QED) is 0.0167. The van der Waals surface area contributed by atoms with E-state index in [-0.39, 0.29) is 28.8 Å². The van der Waals surface area contributed by atoms with Gasteiger partial charge in [0, 0.05) is 72.1 Å². The summed E-state index contributed by atoms with van der Waals surface area (Å²) in [5.41, 5.74) is 6.84. The van der Waals surface area contributed by atoms with Crippen molar-refractivity contribution in [2.24, 2.45) is 0 Å². The molecule has 18 heteroatoms. The lowest BCUT2D eigenvalue weighted by Gasteiger charge is -2.22. The zero-order valence-corrected chi connectivity index (χ0v) is 42.2. The fourth-order valence-electron chi connectivity index (χ4n) is 8.72. The smallest absolute Gasteiger partial charge is 0.296 e. The van der Waals surface area contributed by atoms with Gasteiger partial charge < -0.3 is 39.5 Å². The molecule has 0 unspecified atom stereocenters. The molecule has 0 fully saturated rings. The molecule has 0 atom stereocenters. The van der Waals surface area contributed by atoms with Crippen molar-refractivity contribution in [3.8, 4) is 0 Å². The zero-order valence-electron chi connectivity index (χ0n) is 40.6. The van der Waals surface area contributed by atoms with Crippen molar-refractivity contribution in [1.82, 2.24) is 39.5 Å². The third kappa shape index (κ3) is 13.0. The van der Waals surface area contributed by atoms with Crippen molar-refractivity contribution in [3.63, 3.8) is 0 Å². The minimum atomic E-state index is -4.72. The van der Waals surface area contributed by atoms with Crippen LogP contribution >= 0.6 is 12.0 Å². The maximum absolute atomic E-state index is 13.8. The van der Waals surface area contributed by atoms with Gasteiger partial charge in [-0.15, -0.1) is 4.33 Å². The van der Waals surface area contributed by atoms with Crippen molar-refractivity contribution in [1.29, 1.82) is 0 Å². The van der Waals surface area contributed by atoms with Crippen LogP contribution in [0.2, 0.25) is 0 Å². The molecule has 8 bridgehead atoms. The number of hydrogen-bond donors (Lipinski definition) is 6. The van der Waals surface area contributed by atoms with Crippen LogP contribution in [0.25, 0.3) is 24.3 Å². The van der Waals surface area contributed by atoms with E-state index in [2.05, 4.69) is 62.7 Å². The normalized spacial score (nSPS) is 12.6. The minimum absolute atomic E-state index is 0.0595. The lowest BCUT2D eigenvalue weighted by atomic mass is 10.0. The first-order valence-electron chi connectivity index (χ1n) is 23.3. The van der Waals surface area contributed by atoms with Crippen LogP contribution in [-0.2, 0) is 41.9 Å². The number of rotatable bonds is 24. The van der Waals surface area contributed by atoms with E-state index in [1.807, 2.05) is 56.6 Å². The van der Waals surface area contributed by atoms with Gasteiger partial charge in [0.25, 0.3) is 10.1 Å². The Morgan fingerprint density at radius 2 is 1.06 bits per heavy atom. The Bertz CT molecular complexity index is 2680. The van der Waals surface area contributed by atoms with E-state index in [1.165, 1.54) is 0 Å². The molecule has 4 aromatic heterocycles. The molecule has 4 aromatic rings. The van der Waals surface area contributed by atoms with E-state index in [0.29, 0.717) is 77.6 Å². The summed E-state index contributed by atoms with van der Waals surface area (Å²) in [6.45, 7) is 22.3. The molecule has 1 aliphatic rings. The topological polar surface area (TPSA) is 203 Å². The van der Waals surface area contributed by atoms with Gasteiger partial charge in [-0.25, -0.2) is 5.26 Å². The second kappa shape index (κ2) is 24.1. The lowest BCUT2D eigenvalue weighted by Crippen LogP contribution is -2.32. The number of aromatic nitrogens is 4. The molecule has 0 aliphatic carbocycles. The first-order chi connectivity index (χ1) is 31.4. The highest BCUT2D eigenvalue weighted by Gasteiger charge is 2.24. The van der Waals surface area contributed by atoms with Crippen molar-refractivity contribution in [2.75, 3.05) is 66.5 Å². The van der Waals surface area contributed by atoms with E-state index in [0.717, 1.165) is 108 Å². The Hall–Kier alpha value is -4.40. The second-order valence-corrected chi connectivity index (χ2v) is 19.4. The summed E-state index contributed by atoms with van der Waals surface area (Å²) in [6.07, 6.45) is 12.7. The summed E-state index contributed by atoms with van der Waals surface area (Å²) >= 11 is 0.779. The minimum Gasteiger partial charge on any atom is -0.355 e. The van der Waals surface area contributed by atoms with Gasteiger partial charge in [0.2, 0.25) is 11.8 Å². The summed E-state index contributed by atoms with van der Waals surface area (Å²) in [4.78, 5) is 50.2. The van der Waals surface area contributed by atoms with Crippen LogP contribution in [-0.4, -0.2) is 136 Å². The van der Waals surface area contributed by atoms with Crippen LogP contribution < -0.4 is 21.4 Å². The number of carbonyl (C=O) groups excluding carboxylic acids is 2. The average molecular weight is 953 g/mol. The molecule has 5 heterocycles. The number of hydrogen-bond acceptors (Lipinski definition) is 10. The Morgan fingerprint density at radius 1 is 0.591 bits per heavy atom. The highest BCUT2D eigenvalue weighted by Crippen LogP contribution is 2.27. The number of H-pyrrole nitrogens is 4. The molecule has 6 N–H and O–H groups in total. The zero-order chi connectivity index (χ0) is 48.3. The molecule has 2 amide bonds. The van der Waals surface area contributed by atoms with Crippen molar-refractivity contribution in [3.05, 3.63) is 77.6 Å². The maximum Gasteiger partial charge on any atom is 0.296 e. The summed E-state index contributed by atoms with van der Waals surface area (Å²) in [7, 11) is -0.515. The maximum atomic E-state index is 13.8. The van der Waals surface area contributed by atoms with Gasteiger partial charge >= 0.3 is 0 Å². The van der Waals surface area contributed by atoms with Gasteiger partial charge in [-0.3, -0.25) is 14.1 Å². The number of unbranched alkanes of at least 4 members (excludes halogenated alkanes) is 2. The summed E-state index contributed by atoms with van der Waals surface area (Å²) in [5.74, 6) is 0.147. The number of carbonyl (C=O) groups is 2. The molecule has 16 nitrogen and oxygen atoms in total. The SMILES string of the molecule is CCN(C)CCCCN(CC)C(=O)CCc1c2[nH]c(c1C)C=c1[nH]c(c(SOOO)c1C)=Cc1[nH]c(c(S(=O)(=O)O)c1C)C=c1[nH]c(c(CCC(=O)N(CC)CCCCN(C)CC)c1C)=C2. The first kappa shape index (κ1) is 52.6. The Kier molecular flexibility index (Phi) is 19.2. The number of aromatic amines is 4. The van der Waals surface area contributed by atoms with E-state index in [1.54, 1.807) is 19.1 Å². The molecule has 0 spiro atoms. The molecule has 1 aliphatic heterocycles. The molecular weight excluding hydrogens is 881 g/mol. The van der Waals surface area contributed by atoms with Gasteiger partial charge in [-0.05, 0) is 178 Å². The predicted molar refractivity (Wildman–Crippen MR) is 261 cm³/mol. The lowest BCUT2D eigenvalue weighted by molar-refractivity contribution is -0.432. The number of nitrogens with zero attached hydrogens (tertiary/aromatic N) is 4. The van der Waals surface area contributed by atoms with E-state index >= 15 is 0 Å². The summed E-state index contributed by atoms with van der Waals surface area (Å²) < 4.78 is 41.6. The van der Waals surface area contributed by atoms with Gasteiger partial charge in [0.15, 0.2) is 0 Å². The summed E-state index contributed by atoms with van der Waals surface area (Å²) in [6, 6.07) is 0. The second-order valence-electron chi connectivity index (χ2n) is 17.4. The van der Waals surface area contributed by atoms with Crippen molar-refractivity contribution < 1.29 is 37.2 Å². The third-order valence-electron chi connectivity index (χ3n) is 13.1. The van der Waals surface area contributed by atoms with Gasteiger partial charge in [0.05, 0.1) is 28.0 Å². The van der Waals surface area contributed by atoms with Crippen molar-refractivity contribution >= 4 is 58.3 Å². The molecule has 66 heavy (non-hydrogen) atoms. The predicted octanol–water partition coefficient (Wildman–Crippen LogP) is 4.56. The van der Waals surface area contributed by atoms with Crippen LogP contribution in [0.3, 0.4) is 0 Å². The van der Waals surface area contributed by atoms with E-state index < -0.39 is 10.1 Å². The van der Waals surface area contributed by atoms with Gasteiger partial charge in [0.1, 0.15) is 4.90 Å². The number of fused-ring (bicyclic) bond motifs is 8. The standard InChI is InChI=1S/C48H72N8O8S2/c1-11-53(9)23-15-17-25-55(13-3)45(57)21-19-35-31(5)37-27-39-33(7)47(65-64-63-59)43(51-39)28-40-34(8)48(66(60,61)62)44(52-40)29-38-32(6)36(42(50-38)30-41(35)49-37)20-22-46(58)56(14-4)26-18-16-24-54(10)12-2/h27-30,49-52,59H,11-26H2,1-10H3,(H,60,61,62). The fraction of sp³-hybridized carbons (Fsp3) is 0.542. The van der Waals surface area contributed by atoms with Gasteiger partial charge in [-0.1, -0.05) is 18.9 Å².